The molecule has 118 valence electrons. The van der Waals surface area contributed by atoms with E-state index in [-0.39, 0.29) is 17.8 Å². The van der Waals surface area contributed by atoms with Crippen LogP contribution in [0, 0.1) is 17.1 Å². The number of amides is 1. The van der Waals surface area contributed by atoms with Crippen molar-refractivity contribution in [1.82, 2.24) is 5.32 Å². The van der Waals surface area contributed by atoms with Gasteiger partial charge in [0.25, 0.3) is 5.91 Å². The first-order valence-electron chi connectivity index (χ1n) is 7.23. The molecule has 1 N–H and O–H groups in total. The Bertz CT molecular complexity index is 723. The van der Waals surface area contributed by atoms with Crippen molar-refractivity contribution in [3.05, 3.63) is 65.5 Å². The second-order valence-electron chi connectivity index (χ2n) is 5.15. The van der Waals surface area contributed by atoms with Crippen molar-refractivity contribution < 1.29 is 13.9 Å². The third kappa shape index (κ3) is 4.30. The molecule has 0 radical (unpaired) electrons. The lowest BCUT2D eigenvalue weighted by molar-refractivity contribution is -0.127. The number of hydrogen-bond acceptors (Lipinski definition) is 3. The SMILES string of the molecule is C[C@H](Oc1ccccc1C#N)C(=O)N[C@H](C)c1ccc(F)cc1. The lowest BCUT2D eigenvalue weighted by atomic mass is 10.1. The lowest BCUT2D eigenvalue weighted by Gasteiger charge is -2.19. The summed E-state index contributed by atoms with van der Waals surface area (Å²) in [6, 6.07) is 14.4. The van der Waals surface area contributed by atoms with Gasteiger partial charge in [-0.05, 0) is 43.7 Å². The standard InChI is InChI=1S/C18H17FN2O2/c1-12(14-7-9-16(19)10-8-14)21-18(22)13(2)23-17-6-4-3-5-15(17)11-20/h3-10,12-13H,1-2H3,(H,21,22)/t12-,13+/m1/s1. The van der Waals surface area contributed by atoms with E-state index in [9.17, 15) is 9.18 Å². The third-order valence-corrected chi connectivity index (χ3v) is 3.41. The minimum atomic E-state index is -0.757. The Morgan fingerprint density at radius 2 is 1.83 bits per heavy atom. The quantitative estimate of drug-likeness (QED) is 0.921. The van der Waals surface area contributed by atoms with Gasteiger partial charge in [-0.25, -0.2) is 4.39 Å². The highest BCUT2D eigenvalue weighted by atomic mass is 19.1. The van der Waals surface area contributed by atoms with E-state index in [1.807, 2.05) is 6.07 Å². The molecule has 0 fully saturated rings. The average molecular weight is 312 g/mol. The fourth-order valence-corrected chi connectivity index (χ4v) is 2.07. The third-order valence-electron chi connectivity index (χ3n) is 3.41. The van der Waals surface area contributed by atoms with Gasteiger partial charge in [0.1, 0.15) is 17.6 Å². The number of ether oxygens (including phenoxy) is 1. The normalized spacial score (nSPS) is 12.8. The number of rotatable bonds is 5. The molecule has 0 unspecified atom stereocenters. The molecule has 1 amide bonds. The number of carbonyl (C=O) groups is 1. The van der Waals surface area contributed by atoms with E-state index in [1.165, 1.54) is 12.1 Å². The van der Waals surface area contributed by atoms with E-state index in [4.69, 9.17) is 10.00 Å². The van der Waals surface area contributed by atoms with E-state index < -0.39 is 6.10 Å². The smallest absolute Gasteiger partial charge is 0.261 e. The van der Waals surface area contributed by atoms with Crippen molar-refractivity contribution in [3.8, 4) is 11.8 Å². The molecule has 2 atom stereocenters. The first kappa shape index (κ1) is 16.5. The summed E-state index contributed by atoms with van der Waals surface area (Å²) < 4.78 is 18.5. The Kier molecular flexibility index (Phi) is 5.32. The second-order valence-corrected chi connectivity index (χ2v) is 5.15. The predicted octanol–water partition coefficient (Wildman–Crippen LogP) is 3.34. The number of para-hydroxylation sites is 1. The molecule has 2 aromatic carbocycles. The van der Waals surface area contributed by atoms with Crippen LogP contribution in [0.15, 0.2) is 48.5 Å². The second kappa shape index (κ2) is 7.41. The van der Waals surface area contributed by atoms with E-state index in [1.54, 1.807) is 50.2 Å². The summed E-state index contributed by atoms with van der Waals surface area (Å²) in [7, 11) is 0. The summed E-state index contributed by atoms with van der Waals surface area (Å²) in [5.41, 5.74) is 1.17. The molecule has 0 aromatic heterocycles. The molecule has 4 nitrogen and oxygen atoms in total. The fraction of sp³-hybridized carbons (Fsp3) is 0.222. The van der Waals surface area contributed by atoms with Crippen LogP contribution in [0.1, 0.15) is 31.0 Å². The summed E-state index contributed by atoms with van der Waals surface area (Å²) in [5.74, 6) is -0.265. The van der Waals surface area contributed by atoms with Gasteiger partial charge < -0.3 is 10.1 Å². The average Bonchev–Trinajstić information content (AvgIpc) is 2.55. The number of hydrogen-bond donors (Lipinski definition) is 1. The van der Waals surface area contributed by atoms with E-state index in [2.05, 4.69) is 5.32 Å². The molecule has 0 bridgehead atoms. The van der Waals surface area contributed by atoms with Crippen molar-refractivity contribution in [3.63, 3.8) is 0 Å². The van der Waals surface area contributed by atoms with Crippen molar-refractivity contribution in [2.24, 2.45) is 0 Å². The van der Waals surface area contributed by atoms with Crippen LogP contribution >= 0.6 is 0 Å². The maximum Gasteiger partial charge on any atom is 0.261 e. The Labute approximate surface area is 134 Å². The summed E-state index contributed by atoms with van der Waals surface area (Å²) in [6.45, 7) is 3.42. The zero-order valence-corrected chi connectivity index (χ0v) is 12.9. The molecule has 0 saturated heterocycles. The van der Waals surface area contributed by atoms with Crippen LogP contribution in [0.25, 0.3) is 0 Å². The molecule has 5 heteroatoms. The molecule has 0 aliphatic carbocycles. The molecular weight excluding hydrogens is 295 g/mol. The van der Waals surface area contributed by atoms with Gasteiger partial charge in [-0.3, -0.25) is 4.79 Å². The highest BCUT2D eigenvalue weighted by molar-refractivity contribution is 5.81. The van der Waals surface area contributed by atoms with Gasteiger partial charge in [-0.1, -0.05) is 24.3 Å². The number of nitrogens with one attached hydrogen (secondary N) is 1. The number of carbonyl (C=O) groups excluding carboxylic acids is 1. The molecule has 0 heterocycles. The van der Waals surface area contributed by atoms with Gasteiger partial charge in [0.15, 0.2) is 6.10 Å². The first-order chi connectivity index (χ1) is 11.0. The fourth-order valence-electron chi connectivity index (χ4n) is 2.07. The zero-order valence-electron chi connectivity index (χ0n) is 12.9. The van der Waals surface area contributed by atoms with E-state index in [0.717, 1.165) is 5.56 Å². The molecule has 2 aromatic rings. The van der Waals surface area contributed by atoms with Crippen molar-refractivity contribution >= 4 is 5.91 Å². The van der Waals surface area contributed by atoms with Crippen LogP contribution in [0.2, 0.25) is 0 Å². The molecule has 0 aliphatic rings. The number of nitrogens with zero attached hydrogens (tertiary/aromatic N) is 1. The summed E-state index contributed by atoms with van der Waals surface area (Å²) in [4.78, 5) is 12.2. The molecule has 2 rings (SSSR count). The maximum atomic E-state index is 12.9. The number of halogens is 1. The van der Waals surface area contributed by atoms with E-state index in [0.29, 0.717) is 11.3 Å². The molecule has 0 aliphatic heterocycles. The molecule has 0 spiro atoms. The minimum Gasteiger partial charge on any atom is -0.480 e. The van der Waals surface area contributed by atoms with Crippen LogP contribution in [-0.2, 0) is 4.79 Å². The molecular formula is C18H17FN2O2. The van der Waals surface area contributed by atoms with Gasteiger partial charge in [0.05, 0.1) is 11.6 Å². The summed E-state index contributed by atoms with van der Waals surface area (Å²) >= 11 is 0. The largest absolute Gasteiger partial charge is 0.480 e. The number of benzene rings is 2. The van der Waals surface area contributed by atoms with Gasteiger partial charge in [0.2, 0.25) is 0 Å². The zero-order chi connectivity index (χ0) is 16.8. The van der Waals surface area contributed by atoms with Crippen LogP contribution < -0.4 is 10.1 Å². The highest BCUT2D eigenvalue weighted by Crippen LogP contribution is 2.19. The van der Waals surface area contributed by atoms with Crippen molar-refractivity contribution in [2.45, 2.75) is 26.0 Å². The first-order valence-corrected chi connectivity index (χ1v) is 7.23. The van der Waals surface area contributed by atoms with Crippen molar-refractivity contribution in [1.29, 1.82) is 5.26 Å². The Balaban J connectivity index is 2.00. The molecule has 0 saturated carbocycles. The topological polar surface area (TPSA) is 62.1 Å². The Morgan fingerprint density at radius 3 is 2.48 bits per heavy atom. The molecule has 23 heavy (non-hydrogen) atoms. The Morgan fingerprint density at radius 1 is 1.17 bits per heavy atom. The van der Waals surface area contributed by atoms with E-state index >= 15 is 0 Å². The minimum absolute atomic E-state index is 0.277. The van der Waals surface area contributed by atoms with Gasteiger partial charge >= 0.3 is 0 Å². The highest BCUT2D eigenvalue weighted by Gasteiger charge is 2.18. The van der Waals surface area contributed by atoms with Crippen LogP contribution in [0.3, 0.4) is 0 Å². The summed E-state index contributed by atoms with van der Waals surface area (Å²) in [5, 5.41) is 11.8. The Hall–Kier alpha value is -2.87. The lowest BCUT2D eigenvalue weighted by Crippen LogP contribution is -2.37. The maximum absolute atomic E-state index is 12.9. The van der Waals surface area contributed by atoms with Crippen LogP contribution in [0.4, 0.5) is 4.39 Å². The van der Waals surface area contributed by atoms with Crippen LogP contribution in [-0.4, -0.2) is 12.0 Å². The van der Waals surface area contributed by atoms with Gasteiger partial charge in [0, 0.05) is 0 Å². The van der Waals surface area contributed by atoms with Crippen molar-refractivity contribution in [2.75, 3.05) is 0 Å². The predicted molar refractivity (Wildman–Crippen MR) is 84.2 cm³/mol. The van der Waals surface area contributed by atoms with Gasteiger partial charge in [-0.2, -0.15) is 5.26 Å². The summed E-state index contributed by atoms with van der Waals surface area (Å²) in [6.07, 6.45) is -0.757. The van der Waals surface area contributed by atoms with Crippen LogP contribution in [0.5, 0.6) is 5.75 Å². The monoisotopic (exact) mass is 312 g/mol. The van der Waals surface area contributed by atoms with Gasteiger partial charge in [-0.15, -0.1) is 0 Å². The number of nitriles is 1.